The second kappa shape index (κ2) is 10.6. The highest BCUT2D eigenvalue weighted by Crippen LogP contribution is 2.32. The number of pyridine rings is 1. The van der Waals surface area contributed by atoms with Crippen molar-refractivity contribution < 1.29 is 24.2 Å². The molecule has 1 unspecified atom stereocenters. The van der Waals surface area contributed by atoms with Gasteiger partial charge in [-0.3, -0.25) is 4.40 Å². The molecule has 0 fully saturated rings. The maximum absolute atomic E-state index is 13.2. The molecule has 0 spiro atoms. The molecule has 0 amide bonds. The summed E-state index contributed by atoms with van der Waals surface area (Å²) in [4.78, 5) is 29.5. The van der Waals surface area contributed by atoms with Crippen molar-refractivity contribution in [3.8, 4) is 17.0 Å². The highest BCUT2D eigenvalue weighted by atomic mass is 16.5. The van der Waals surface area contributed by atoms with E-state index in [1.165, 1.54) is 0 Å². The second-order valence-electron chi connectivity index (χ2n) is 8.77. The van der Waals surface area contributed by atoms with E-state index in [0.717, 1.165) is 16.7 Å². The Labute approximate surface area is 219 Å². The van der Waals surface area contributed by atoms with Gasteiger partial charge in [-0.05, 0) is 60.4 Å². The van der Waals surface area contributed by atoms with Crippen LogP contribution >= 0.6 is 0 Å². The van der Waals surface area contributed by atoms with E-state index in [9.17, 15) is 14.7 Å². The molecule has 1 atom stereocenters. The number of hydrogen-bond donors (Lipinski definition) is 1. The predicted octanol–water partition coefficient (Wildman–Crippen LogP) is 6.35. The number of carboxylic acids is 1. The fourth-order valence-corrected chi connectivity index (χ4v) is 4.44. The summed E-state index contributed by atoms with van der Waals surface area (Å²) in [5, 5.41) is 9.61. The van der Waals surface area contributed by atoms with Gasteiger partial charge in [0.15, 0.2) is 6.10 Å². The number of nitrogens with zero attached hydrogens (tertiary/aromatic N) is 2. The Morgan fingerprint density at radius 2 is 1.63 bits per heavy atom. The summed E-state index contributed by atoms with van der Waals surface area (Å²) < 4.78 is 13.6. The molecule has 1 N–H and O–H groups in total. The first-order valence-electron chi connectivity index (χ1n) is 12.3. The van der Waals surface area contributed by atoms with E-state index in [0.29, 0.717) is 35.0 Å². The summed E-state index contributed by atoms with van der Waals surface area (Å²) in [6, 6.07) is 26.9. The standard InChI is InChI=1S/C31H26N2O5/c1-3-37-27-19-33-26(18-13-20(2)29(33)32-27)28(38-31(36)23-9-5-4-6-10-23)22-16-14-21(15-17-22)24-11-7-8-12-25(24)30(34)35/h4-19,28H,3H2,1-2H3,(H,34,35). The molecule has 190 valence electrons. The summed E-state index contributed by atoms with van der Waals surface area (Å²) in [7, 11) is 0. The van der Waals surface area contributed by atoms with Crippen LogP contribution in [-0.4, -0.2) is 33.0 Å². The lowest BCUT2D eigenvalue weighted by molar-refractivity contribution is 0.0368. The van der Waals surface area contributed by atoms with Crippen LogP contribution in [-0.2, 0) is 4.74 Å². The number of esters is 1. The van der Waals surface area contributed by atoms with Gasteiger partial charge in [0.25, 0.3) is 0 Å². The van der Waals surface area contributed by atoms with Crippen molar-refractivity contribution in [2.75, 3.05) is 6.61 Å². The maximum atomic E-state index is 13.2. The number of aryl methyl sites for hydroxylation is 1. The summed E-state index contributed by atoms with van der Waals surface area (Å²) in [5.74, 6) is -0.974. The number of hydrogen-bond acceptors (Lipinski definition) is 5. The van der Waals surface area contributed by atoms with Crippen LogP contribution in [0.4, 0.5) is 0 Å². The molecule has 38 heavy (non-hydrogen) atoms. The van der Waals surface area contributed by atoms with Crippen LogP contribution in [0.25, 0.3) is 16.8 Å². The van der Waals surface area contributed by atoms with E-state index in [-0.39, 0.29) is 5.56 Å². The number of ether oxygens (including phenoxy) is 2. The Hall–Kier alpha value is -4.91. The number of aromatic nitrogens is 2. The SMILES string of the molecule is CCOc1cn2c(C(OC(=O)c3ccccc3)c3ccc(-c4ccccc4C(=O)O)cc3)ccc(C)c2n1. The van der Waals surface area contributed by atoms with Gasteiger partial charge in [-0.15, -0.1) is 0 Å². The van der Waals surface area contributed by atoms with E-state index in [1.54, 1.807) is 54.7 Å². The molecule has 5 rings (SSSR count). The monoisotopic (exact) mass is 506 g/mol. The van der Waals surface area contributed by atoms with Gasteiger partial charge in [-0.25, -0.2) is 9.59 Å². The van der Waals surface area contributed by atoms with Crippen molar-refractivity contribution >= 4 is 17.6 Å². The average Bonchev–Trinajstić information content (AvgIpc) is 3.38. The molecule has 2 aromatic heterocycles. The van der Waals surface area contributed by atoms with Crippen LogP contribution in [0, 0.1) is 6.92 Å². The van der Waals surface area contributed by atoms with Crippen molar-refractivity contribution in [2.45, 2.75) is 20.0 Å². The van der Waals surface area contributed by atoms with Gasteiger partial charge in [0.2, 0.25) is 5.88 Å². The van der Waals surface area contributed by atoms with Crippen molar-refractivity contribution in [3.05, 3.63) is 125 Å². The predicted molar refractivity (Wildman–Crippen MR) is 144 cm³/mol. The summed E-state index contributed by atoms with van der Waals surface area (Å²) >= 11 is 0. The topological polar surface area (TPSA) is 90.1 Å². The van der Waals surface area contributed by atoms with Gasteiger partial charge in [0, 0.05) is 0 Å². The Morgan fingerprint density at radius 3 is 2.34 bits per heavy atom. The molecule has 2 heterocycles. The van der Waals surface area contributed by atoms with Crippen LogP contribution in [0.3, 0.4) is 0 Å². The van der Waals surface area contributed by atoms with Crippen LogP contribution in [0.1, 0.15) is 50.6 Å². The van der Waals surface area contributed by atoms with Crippen molar-refractivity contribution in [2.24, 2.45) is 0 Å². The van der Waals surface area contributed by atoms with E-state index >= 15 is 0 Å². The highest BCUT2D eigenvalue weighted by Gasteiger charge is 2.24. The van der Waals surface area contributed by atoms with Crippen LogP contribution < -0.4 is 4.74 Å². The fraction of sp³-hybridized carbons (Fsp3) is 0.129. The highest BCUT2D eigenvalue weighted by molar-refractivity contribution is 5.96. The van der Waals surface area contributed by atoms with E-state index in [4.69, 9.17) is 9.47 Å². The number of rotatable bonds is 8. The number of carbonyl (C=O) groups is 2. The molecular weight excluding hydrogens is 480 g/mol. The zero-order valence-corrected chi connectivity index (χ0v) is 21.0. The summed E-state index contributed by atoms with van der Waals surface area (Å²) in [5.41, 5.74) is 5.10. The van der Waals surface area contributed by atoms with Crippen molar-refractivity contribution in [3.63, 3.8) is 0 Å². The zero-order valence-electron chi connectivity index (χ0n) is 21.0. The van der Waals surface area contributed by atoms with Gasteiger partial charge in [-0.2, -0.15) is 4.98 Å². The van der Waals surface area contributed by atoms with Gasteiger partial charge in [0.05, 0.1) is 29.6 Å². The molecule has 0 saturated heterocycles. The Kier molecular flexibility index (Phi) is 6.91. The fourth-order valence-electron chi connectivity index (χ4n) is 4.44. The summed E-state index contributed by atoms with van der Waals surface area (Å²) in [6.07, 6.45) is 1.03. The van der Waals surface area contributed by atoms with Gasteiger partial charge in [-0.1, -0.05) is 66.7 Å². The quantitative estimate of drug-likeness (QED) is 0.247. The maximum Gasteiger partial charge on any atom is 0.339 e. The minimum absolute atomic E-state index is 0.217. The lowest BCUT2D eigenvalue weighted by Gasteiger charge is -2.21. The van der Waals surface area contributed by atoms with Crippen LogP contribution in [0.5, 0.6) is 5.88 Å². The average molecular weight is 507 g/mol. The molecule has 0 aliphatic carbocycles. The number of carboxylic acid groups (broad SMARTS) is 1. The van der Waals surface area contributed by atoms with Gasteiger partial charge in [0.1, 0.15) is 5.65 Å². The smallest absolute Gasteiger partial charge is 0.339 e. The third kappa shape index (κ3) is 4.86. The molecule has 5 aromatic rings. The second-order valence-corrected chi connectivity index (χ2v) is 8.77. The lowest BCUT2D eigenvalue weighted by atomic mass is 9.96. The third-order valence-corrected chi connectivity index (χ3v) is 6.30. The minimum Gasteiger partial charge on any atom is -0.478 e. The molecule has 7 nitrogen and oxygen atoms in total. The largest absolute Gasteiger partial charge is 0.478 e. The lowest BCUT2D eigenvalue weighted by Crippen LogP contribution is -2.16. The van der Waals surface area contributed by atoms with Gasteiger partial charge < -0.3 is 14.6 Å². The van der Waals surface area contributed by atoms with Gasteiger partial charge >= 0.3 is 11.9 Å². The Morgan fingerprint density at radius 1 is 0.921 bits per heavy atom. The number of benzene rings is 3. The zero-order chi connectivity index (χ0) is 26.6. The first-order chi connectivity index (χ1) is 18.5. The molecule has 0 saturated carbocycles. The minimum atomic E-state index is -0.994. The van der Waals surface area contributed by atoms with Crippen molar-refractivity contribution in [1.29, 1.82) is 0 Å². The number of imidazole rings is 1. The molecular formula is C31H26N2O5. The van der Waals surface area contributed by atoms with Crippen LogP contribution in [0.15, 0.2) is 97.2 Å². The number of carbonyl (C=O) groups excluding carboxylic acids is 1. The Balaban J connectivity index is 1.60. The van der Waals surface area contributed by atoms with Crippen molar-refractivity contribution in [1.82, 2.24) is 9.38 Å². The molecule has 3 aromatic carbocycles. The Bertz CT molecular complexity index is 1610. The summed E-state index contributed by atoms with van der Waals surface area (Å²) in [6.45, 7) is 4.33. The van der Waals surface area contributed by atoms with E-state index < -0.39 is 18.0 Å². The normalized spacial score (nSPS) is 11.7. The van der Waals surface area contributed by atoms with Crippen LogP contribution in [0.2, 0.25) is 0 Å². The molecule has 7 heteroatoms. The molecule has 0 aliphatic heterocycles. The van der Waals surface area contributed by atoms with E-state index in [1.807, 2.05) is 60.7 Å². The molecule has 0 aliphatic rings. The number of fused-ring (bicyclic) bond motifs is 1. The third-order valence-electron chi connectivity index (χ3n) is 6.30. The first kappa shape index (κ1) is 24.8. The first-order valence-corrected chi connectivity index (χ1v) is 12.3. The number of aromatic carboxylic acids is 1. The van der Waals surface area contributed by atoms with E-state index in [2.05, 4.69) is 4.98 Å². The molecule has 0 bridgehead atoms. The molecule has 0 radical (unpaired) electrons.